The molecule has 2 aromatic rings. The molecule has 32 heavy (non-hydrogen) atoms. The monoisotopic (exact) mass is 454 g/mol. The van der Waals surface area contributed by atoms with Crippen LogP contribution in [0.3, 0.4) is 0 Å². The summed E-state index contributed by atoms with van der Waals surface area (Å²) in [6.07, 6.45) is 7.53. The fourth-order valence-corrected chi connectivity index (χ4v) is 5.22. The van der Waals surface area contributed by atoms with Crippen LogP contribution in [0, 0.1) is 11.2 Å². The highest BCUT2D eigenvalue weighted by molar-refractivity contribution is 6.72. The third-order valence-corrected chi connectivity index (χ3v) is 11.2. The van der Waals surface area contributed by atoms with Crippen molar-refractivity contribution in [3.63, 3.8) is 0 Å². The van der Waals surface area contributed by atoms with Gasteiger partial charge in [0.2, 0.25) is 0 Å². The highest BCUT2D eigenvalue weighted by Crippen LogP contribution is 2.47. The number of allylic oxidation sites excluding steroid dienone is 2. The number of aryl methyl sites for hydroxylation is 1. The minimum atomic E-state index is -2.26. The average molecular weight is 455 g/mol. The van der Waals surface area contributed by atoms with E-state index in [1.54, 1.807) is 19.2 Å². The van der Waals surface area contributed by atoms with Gasteiger partial charge in [0.1, 0.15) is 11.6 Å². The normalized spacial score (nSPS) is 16.6. The Hall–Kier alpha value is -1.91. The molecule has 0 fully saturated rings. The smallest absolute Gasteiger partial charge is 0.188 e. The predicted octanol–water partition coefficient (Wildman–Crippen LogP) is 8.01. The summed E-state index contributed by atoms with van der Waals surface area (Å²) in [5.74, 6) is 0.424. The van der Waals surface area contributed by atoms with Gasteiger partial charge < -0.3 is 9.53 Å². The molecule has 3 rings (SSSR count). The van der Waals surface area contributed by atoms with E-state index in [9.17, 15) is 9.19 Å². The summed E-state index contributed by atoms with van der Waals surface area (Å²) in [4.78, 5) is 10.7. The summed E-state index contributed by atoms with van der Waals surface area (Å²) in [5, 5.41) is -0.0753. The van der Waals surface area contributed by atoms with Crippen LogP contribution in [-0.4, -0.2) is 20.2 Å². The summed E-state index contributed by atoms with van der Waals surface area (Å²) in [6, 6.07) is 11.4. The molecule has 0 saturated heterocycles. The highest BCUT2D eigenvalue weighted by atomic mass is 28.4. The number of hydrogen-bond donors (Lipinski definition) is 1. The molecule has 0 aliphatic heterocycles. The van der Waals surface area contributed by atoms with Gasteiger partial charge in [-0.2, -0.15) is 0 Å². The molecule has 1 N–H and O–H groups in total. The number of benzene rings is 2. The fraction of sp³-hybridized carbons (Fsp3) is 0.500. The predicted molar refractivity (Wildman–Crippen MR) is 136 cm³/mol. The highest BCUT2D eigenvalue weighted by Gasteiger charge is 2.37. The molecule has 0 bridgehead atoms. The van der Waals surface area contributed by atoms with E-state index in [0.717, 1.165) is 36.8 Å². The van der Waals surface area contributed by atoms with Crippen molar-refractivity contribution in [3.8, 4) is 16.9 Å². The Morgan fingerprint density at radius 3 is 2.41 bits per heavy atom. The second-order valence-corrected chi connectivity index (χ2v) is 15.5. The molecule has 2 nitrogen and oxygen atoms in total. The minimum absolute atomic E-state index is 0.0419. The Morgan fingerprint density at radius 2 is 1.78 bits per heavy atom. The number of rotatable bonds is 7. The Bertz CT molecular complexity index is 999. The molecule has 0 radical (unpaired) electrons. The van der Waals surface area contributed by atoms with Crippen LogP contribution in [0.5, 0.6) is 5.75 Å². The van der Waals surface area contributed by atoms with Crippen LogP contribution in [0.1, 0.15) is 64.5 Å². The molecule has 2 aromatic carbocycles. The lowest BCUT2D eigenvalue weighted by molar-refractivity contribution is 0.414. The van der Waals surface area contributed by atoms with Gasteiger partial charge in [-0.1, -0.05) is 52.0 Å². The molecule has 0 unspecified atom stereocenters. The third kappa shape index (κ3) is 5.18. The van der Waals surface area contributed by atoms with Crippen molar-refractivity contribution in [2.45, 2.75) is 77.9 Å². The van der Waals surface area contributed by atoms with Crippen molar-refractivity contribution in [2.75, 3.05) is 7.11 Å². The maximum Gasteiger partial charge on any atom is 0.188 e. The van der Waals surface area contributed by atoms with Crippen LogP contribution in [-0.2, 0) is 6.42 Å². The fourth-order valence-electron chi connectivity index (χ4n) is 4.48. The van der Waals surface area contributed by atoms with Crippen LogP contribution in [0.2, 0.25) is 18.1 Å². The summed E-state index contributed by atoms with van der Waals surface area (Å²) in [5.41, 5.74) is 5.21. The zero-order valence-corrected chi connectivity index (χ0v) is 21.8. The van der Waals surface area contributed by atoms with Crippen LogP contribution in [0.4, 0.5) is 4.39 Å². The first-order chi connectivity index (χ1) is 14.9. The van der Waals surface area contributed by atoms with Crippen molar-refractivity contribution >= 4 is 13.9 Å². The maximum absolute atomic E-state index is 15.0. The van der Waals surface area contributed by atoms with Gasteiger partial charge in [-0.25, -0.2) is 4.39 Å². The summed E-state index contributed by atoms with van der Waals surface area (Å²) in [7, 11) is -0.651. The van der Waals surface area contributed by atoms with Crippen molar-refractivity contribution < 1.29 is 13.9 Å². The van der Waals surface area contributed by atoms with Crippen molar-refractivity contribution in [1.29, 1.82) is 0 Å². The molecule has 1 aliphatic rings. The molecule has 0 heterocycles. The first-order valence-corrected chi connectivity index (χ1v) is 14.7. The molecule has 0 amide bonds. The standard InChI is InChI=1S/C28H39FO2Si/c1-27(2)16-9-8-10-25(27)23-18-20(15-17-28(3,4)32(6,7)30)11-13-22(23)24-19-21(31-5)12-14-26(24)29/h10-14,18-19,30H,8-9,15-17H2,1-7H3. The van der Waals surface area contributed by atoms with Gasteiger partial charge in [0, 0.05) is 5.56 Å². The van der Waals surface area contributed by atoms with E-state index >= 15 is 0 Å². The van der Waals surface area contributed by atoms with E-state index in [2.05, 4.69) is 52.0 Å². The van der Waals surface area contributed by atoms with Gasteiger partial charge in [-0.15, -0.1) is 0 Å². The van der Waals surface area contributed by atoms with Crippen molar-refractivity contribution in [3.05, 3.63) is 59.4 Å². The van der Waals surface area contributed by atoms with Gasteiger partial charge in [-0.3, -0.25) is 0 Å². The molecule has 0 atom stereocenters. The van der Waals surface area contributed by atoms with Gasteiger partial charge in [-0.05, 0) is 96.1 Å². The summed E-state index contributed by atoms with van der Waals surface area (Å²) >= 11 is 0. The van der Waals surface area contributed by atoms with Gasteiger partial charge >= 0.3 is 0 Å². The topological polar surface area (TPSA) is 29.5 Å². The third-order valence-electron chi connectivity index (χ3n) is 7.62. The van der Waals surface area contributed by atoms with E-state index in [0.29, 0.717) is 11.3 Å². The van der Waals surface area contributed by atoms with Gasteiger partial charge in [0.05, 0.1) is 7.11 Å². The molecule has 174 valence electrons. The Balaban J connectivity index is 2.10. The summed E-state index contributed by atoms with van der Waals surface area (Å²) in [6.45, 7) is 13.0. The molecular formula is C28H39FO2Si. The number of ether oxygens (including phenoxy) is 1. The van der Waals surface area contributed by atoms with Crippen molar-refractivity contribution in [1.82, 2.24) is 0 Å². The first-order valence-electron chi connectivity index (χ1n) is 11.8. The van der Waals surface area contributed by atoms with E-state index in [1.807, 2.05) is 13.1 Å². The van der Waals surface area contributed by atoms with Crippen LogP contribution in [0.25, 0.3) is 16.7 Å². The Kier molecular flexibility index (Phi) is 7.07. The molecule has 0 saturated carbocycles. The summed E-state index contributed by atoms with van der Waals surface area (Å²) < 4.78 is 20.4. The minimum Gasteiger partial charge on any atom is -0.497 e. The lowest BCUT2D eigenvalue weighted by atomic mass is 9.71. The molecule has 1 aliphatic carbocycles. The SMILES string of the molecule is COc1ccc(F)c(-c2ccc(CCC(C)(C)[Si](C)(C)O)cc2C2=CCCCC2(C)C)c1. The Labute approximate surface area is 194 Å². The lowest BCUT2D eigenvalue weighted by Gasteiger charge is -2.35. The van der Waals surface area contributed by atoms with Gasteiger partial charge in [0.15, 0.2) is 8.32 Å². The zero-order chi connectivity index (χ0) is 23.7. The van der Waals surface area contributed by atoms with Crippen LogP contribution < -0.4 is 4.74 Å². The number of methoxy groups -OCH3 is 1. The van der Waals surface area contributed by atoms with Gasteiger partial charge in [0.25, 0.3) is 0 Å². The molecule has 0 spiro atoms. The lowest BCUT2D eigenvalue weighted by Crippen LogP contribution is -2.39. The molecular weight excluding hydrogens is 415 g/mol. The molecule has 4 heteroatoms. The molecule has 0 aromatic heterocycles. The second kappa shape index (κ2) is 9.15. The van der Waals surface area contributed by atoms with E-state index in [-0.39, 0.29) is 16.3 Å². The number of halogens is 1. The Morgan fingerprint density at radius 1 is 1.06 bits per heavy atom. The van der Waals surface area contributed by atoms with E-state index < -0.39 is 8.32 Å². The largest absolute Gasteiger partial charge is 0.497 e. The average Bonchev–Trinajstić information content (AvgIpc) is 2.71. The zero-order valence-electron chi connectivity index (χ0n) is 20.8. The maximum atomic E-state index is 15.0. The second-order valence-electron chi connectivity index (χ2n) is 11.1. The quantitative estimate of drug-likeness (QED) is 0.429. The van der Waals surface area contributed by atoms with Crippen LogP contribution in [0.15, 0.2) is 42.5 Å². The van der Waals surface area contributed by atoms with E-state index in [1.165, 1.54) is 23.6 Å². The first kappa shape index (κ1) is 24.7. The van der Waals surface area contributed by atoms with Crippen LogP contribution >= 0.6 is 0 Å². The number of hydrogen-bond acceptors (Lipinski definition) is 2. The van der Waals surface area contributed by atoms with E-state index in [4.69, 9.17) is 4.74 Å². The van der Waals surface area contributed by atoms with Crippen molar-refractivity contribution in [2.24, 2.45) is 5.41 Å².